The van der Waals surface area contributed by atoms with Gasteiger partial charge < -0.3 is 4.98 Å². The molecule has 14 heavy (non-hydrogen) atoms. The van der Waals surface area contributed by atoms with E-state index >= 15 is 0 Å². The quantitative estimate of drug-likeness (QED) is 0.729. The van der Waals surface area contributed by atoms with Crippen LogP contribution in [0.4, 0.5) is 0 Å². The topological polar surface area (TPSA) is 28.7 Å². The Bertz CT molecular complexity index is 355. The van der Waals surface area contributed by atoms with Gasteiger partial charge in [-0.15, -0.1) is 0 Å². The van der Waals surface area contributed by atoms with Crippen LogP contribution in [0.25, 0.3) is 11.0 Å². The molecule has 2 heteroatoms. The second kappa shape index (κ2) is 4.80. The van der Waals surface area contributed by atoms with Gasteiger partial charge in [0.2, 0.25) is 0 Å². The lowest BCUT2D eigenvalue weighted by atomic mass is 10.2. The molecule has 2 aromatic rings. The Morgan fingerprint density at radius 3 is 2.36 bits per heavy atom. The summed E-state index contributed by atoms with van der Waals surface area (Å²) in [5.74, 6) is 1.54. The number of hydrogen-bond donors (Lipinski definition) is 1. The zero-order chi connectivity index (χ0) is 10.6. The molecule has 0 bridgehead atoms. The zero-order valence-corrected chi connectivity index (χ0v) is 9.33. The summed E-state index contributed by atoms with van der Waals surface area (Å²) in [7, 11) is 0. The van der Waals surface area contributed by atoms with Crippen LogP contribution < -0.4 is 0 Å². The van der Waals surface area contributed by atoms with Gasteiger partial charge >= 0.3 is 0 Å². The molecule has 0 aliphatic carbocycles. The van der Waals surface area contributed by atoms with Crippen LogP contribution >= 0.6 is 0 Å². The fourth-order valence-corrected chi connectivity index (χ4v) is 1.25. The van der Waals surface area contributed by atoms with Crippen molar-refractivity contribution in [1.29, 1.82) is 0 Å². The Labute approximate surface area is 85.4 Å². The van der Waals surface area contributed by atoms with Crippen molar-refractivity contribution in [1.82, 2.24) is 9.97 Å². The standard InChI is InChI=1S/C10H12N2.C2H6/c1-7(2)10-11-8-5-3-4-6-9(8)12-10;1-2/h3-7H,1-2H3,(H,11,12);1-2H3. The van der Waals surface area contributed by atoms with Crippen LogP contribution in [0.15, 0.2) is 24.3 Å². The van der Waals surface area contributed by atoms with E-state index in [2.05, 4.69) is 23.8 Å². The number of aromatic amines is 1. The first-order valence-corrected chi connectivity index (χ1v) is 5.22. The lowest BCUT2D eigenvalue weighted by Gasteiger charge is -1.95. The number of imidazole rings is 1. The SMILES string of the molecule is CC.CC(C)c1nc2ccccc2[nH]1. The third-order valence-electron chi connectivity index (χ3n) is 1.95. The molecule has 1 aromatic carbocycles. The summed E-state index contributed by atoms with van der Waals surface area (Å²) in [5.41, 5.74) is 2.18. The van der Waals surface area contributed by atoms with Crippen molar-refractivity contribution in [3.63, 3.8) is 0 Å². The molecule has 1 N–H and O–H groups in total. The summed E-state index contributed by atoms with van der Waals surface area (Å²) < 4.78 is 0. The van der Waals surface area contributed by atoms with E-state index in [0.717, 1.165) is 16.9 Å². The molecule has 76 valence electrons. The van der Waals surface area contributed by atoms with Gasteiger partial charge in [0.15, 0.2) is 0 Å². The number of fused-ring (bicyclic) bond motifs is 1. The normalized spacial score (nSPS) is 10.1. The molecule has 0 amide bonds. The van der Waals surface area contributed by atoms with Gasteiger partial charge in [-0.3, -0.25) is 0 Å². The minimum atomic E-state index is 0.470. The monoisotopic (exact) mass is 190 g/mol. The molecule has 0 aliphatic rings. The fourth-order valence-electron chi connectivity index (χ4n) is 1.25. The average molecular weight is 190 g/mol. The Hall–Kier alpha value is -1.31. The first kappa shape index (κ1) is 10.8. The molecule has 0 radical (unpaired) electrons. The van der Waals surface area contributed by atoms with E-state index < -0.39 is 0 Å². The summed E-state index contributed by atoms with van der Waals surface area (Å²) in [5, 5.41) is 0. The average Bonchev–Trinajstić information content (AvgIpc) is 2.64. The molecular weight excluding hydrogens is 172 g/mol. The number of rotatable bonds is 1. The van der Waals surface area contributed by atoms with Crippen molar-refractivity contribution in [3.05, 3.63) is 30.1 Å². The first-order chi connectivity index (χ1) is 6.77. The largest absolute Gasteiger partial charge is 0.342 e. The Morgan fingerprint density at radius 2 is 1.79 bits per heavy atom. The van der Waals surface area contributed by atoms with Gasteiger partial charge in [0.25, 0.3) is 0 Å². The van der Waals surface area contributed by atoms with E-state index in [1.54, 1.807) is 0 Å². The van der Waals surface area contributed by atoms with Gasteiger partial charge in [0.1, 0.15) is 5.82 Å². The molecule has 0 spiro atoms. The molecule has 1 aromatic heterocycles. The summed E-state index contributed by atoms with van der Waals surface area (Å²) >= 11 is 0. The van der Waals surface area contributed by atoms with Crippen LogP contribution in [-0.2, 0) is 0 Å². The van der Waals surface area contributed by atoms with E-state index in [1.165, 1.54) is 0 Å². The number of H-pyrrole nitrogens is 1. The van der Waals surface area contributed by atoms with Crippen molar-refractivity contribution in [2.75, 3.05) is 0 Å². The van der Waals surface area contributed by atoms with E-state index in [1.807, 2.05) is 38.1 Å². The van der Waals surface area contributed by atoms with E-state index in [9.17, 15) is 0 Å². The van der Waals surface area contributed by atoms with E-state index in [-0.39, 0.29) is 0 Å². The highest BCUT2D eigenvalue weighted by molar-refractivity contribution is 5.74. The highest BCUT2D eigenvalue weighted by Crippen LogP contribution is 2.15. The number of nitrogens with one attached hydrogen (secondary N) is 1. The summed E-state index contributed by atoms with van der Waals surface area (Å²) in [6.45, 7) is 8.27. The van der Waals surface area contributed by atoms with Crippen LogP contribution in [0.2, 0.25) is 0 Å². The lowest BCUT2D eigenvalue weighted by Crippen LogP contribution is -1.88. The van der Waals surface area contributed by atoms with E-state index in [0.29, 0.717) is 5.92 Å². The van der Waals surface area contributed by atoms with Gasteiger partial charge in [-0.05, 0) is 12.1 Å². The highest BCUT2D eigenvalue weighted by Gasteiger charge is 2.04. The molecule has 2 nitrogen and oxygen atoms in total. The van der Waals surface area contributed by atoms with Gasteiger partial charge in [-0.25, -0.2) is 4.98 Å². The fraction of sp³-hybridized carbons (Fsp3) is 0.417. The van der Waals surface area contributed by atoms with Crippen molar-refractivity contribution in [2.45, 2.75) is 33.6 Å². The lowest BCUT2D eigenvalue weighted by molar-refractivity contribution is 0.799. The summed E-state index contributed by atoms with van der Waals surface area (Å²) in [4.78, 5) is 7.74. The maximum atomic E-state index is 4.46. The number of nitrogens with zero attached hydrogens (tertiary/aromatic N) is 1. The maximum Gasteiger partial charge on any atom is 0.109 e. The van der Waals surface area contributed by atoms with Gasteiger partial charge in [0.05, 0.1) is 11.0 Å². The number of hydrogen-bond acceptors (Lipinski definition) is 1. The maximum absolute atomic E-state index is 4.46. The molecule has 0 atom stereocenters. The second-order valence-corrected chi connectivity index (χ2v) is 3.29. The molecule has 1 heterocycles. The number of aromatic nitrogens is 2. The third kappa shape index (κ3) is 2.13. The predicted molar refractivity (Wildman–Crippen MR) is 61.5 cm³/mol. The second-order valence-electron chi connectivity index (χ2n) is 3.29. The Balaban J connectivity index is 0.000000461. The van der Waals surface area contributed by atoms with Crippen molar-refractivity contribution in [2.24, 2.45) is 0 Å². The van der Waals surface area contributed by atoms with Crippen LogP contribution in [0.1, 0.15) is 39.4 Å². The minimum absolute atomic E-state index is 0.470. The Morgan fingerprint density at radius 1 is 1.14 bits per heavy atom. The number of para-hydroxylation sites is 2. The highest BCUT2D eigenvalue weighted by atomic mass is 14.9. The predicted octanol–water partition coefficient (Wildman–Crippen LogP) is 3.71. The molecular formula is C12H18N2. The van der Waals surface area contributed by atoms with Crippen LogP contribution in [-0.4, -0.2) is 9.97 Å². The smallest absolute Gasteiger partial charge is 0.109 e. The molecule has 2 rings (SSSR count). The van der Waals surface area contributed by atoms with Gasteiger partial charge in [-0.2, -0.15) is 0 Å². The van der Waals surface area contributed by atoms with Crippen molar-refractivity contribution < 1.29 is 0 Å². The van der Waals surface area contributed by atoms with Crippen LogP contribution in [0, 0.1) is 0 Å². The number of benzene rings is 1. The molecule has 0 aliphatic heterocycles. The molecule has 0 fully saturated rings. The Kier molecular flexibility index (Phi) is 3.69. The zero-order valence-electron chi connectivity index (χ0n) is 9.33. The van der Waals surface area contributed by atoms with Crippen molar-refractivity contribution in [3.8, 4) is 0 Å². The van der Waals surface area contributed by atoms with Gasteiger partial charge in [-0.1, -0.05) is 39.8 Å². The van der Waals surface area contributed by atoms with Crippen molar-refractivity contribution >= 4 is 11.0 Å². The minimum Gasteiger partial charge on any atom is -0.342 e. The summed E-state index contributed by atoms with van der Waals surface area (Å²) in [6, 6.07) is 8.10. The van der Waals surface area contributed by atoms with Crippen LogP contribution in [0.5, 0.6) is 0 Å². The first-order valence-electron chi connectivity index (χ1n) is 5.22. The molecule has 0 saturated carbocycles. The molecule has 0 saturated heterocycles. The molecule has 0 unspecified atom stereocenters. The van der Waals surface area contributed by atoms with Crippen LogP contribution in [0.3, 0.4) is 0 Å². The summed E-state index contributed by atoms with van der Waals surface area (Å²) in [6.07, 6.45) is 0. The van der Waals surface area contributed by atoms with E-state index in [4.69, 9.17) is 0 Å². The van der Waals surface area contributed by atoms with Gasteiger partial charge in [0, 0.05) is 5.92 Å². The third-order valence-corrected chi connectivity index (χ3v) is 1.95.